The average molecular weight is 310 g/mol. The quantitative estimate of drug-likeness (QED) is 0.696. The minimum atomic E-state index is -0.718. The zero-order valence-electron chi connectivity index (χ0n) is 10.8. The van der Waals surface area contributed by atoms with Gasteiger partial charge in [-0.25, -0.2) is 4.39 Å². The summed E-state index contributed by atoms with van der Waals surface area (Å²) >= 11 is 5.92. The van der Waals surface area contributed by atoms with Gasteiger partial charge in [0.05, 0.1) is 15.5 Å². The third kappa shape index (κ3) is 3.32. The number of nitrogens with zero attached hydrogens (tertiary/aromatic N) is 2. The Morgan fingerprint density at radius 2 is 2.14 bits per heavy atom. The SMILES string of the molecule is Cc1cc(Cl)c(C(=O)Nc2cc(F)ccc2[N+](=O)[O-])cn1. The van der Waals surface area contributed by atoms with E-state index >= 15 is 0 Å². The Bertz CT molecular complexity index is 737. The van der Waals surface area contributed by atoms with E-state index in [-0.39, 0.29) is 16.3 Å². The predicted octanol–water partition coefficient (Wildman–Crippen LogP) is 3.34. The van der Waals surface area contributed by atoms with E-state index in [4.69, 9.17) is 11.6 Å². The highest BCUT2D eigenvalue weighted by Gasteiger charge is 2.19. The summed E-state index contributed by atoms with van der Waals surface area (Å²) in [6, 6.07) is 4.26. The molecule has 0 radical (unpaired) electrons. The van der Waals surface area contributed by atoms with E-state index in [0.717, 1.165) is 18.2 Å². The number of carbonyl (C=O) groups excluding carboxylic acids is 1. The van der Waals surface area contributed by atoms with Crippen LogP contribution >= 0.6 is 11.6 Å². The van der Waals surface area contributed by atoms with Gasteiger partial charge in [0.25, 0.3) is 11.6 Å². The van der Waals surface area contributed by atoms with Gasteiger partial charge in [-0.15, -0.1) is 0 Å². The van der Waals surface area contributed by atoms with Crippen LogP contribution in [0.5, 0.6) is 0 Å². The number of carbonyl (C=O) groups is 1. The third-order valence-corrected chi connectivity index (χ3v) is 2.95. The van der Waals surface area contributed by atoms with Crippen LogP contribution in [0.15, 0.2) is 30.5 Å². The summed E-state index contributed by atoms with van der Waals surface area (Å²) in [5.74, 6) is -1.41. The predicted molar refractivity (Wildman–Crippen MR) is 75.0 cm³/mol. The molecule has 2 aromatic rings. The number of nitro groups is 1. The fourth-order valence-electron chi connectivity index (χ4n) is 1.65. The first kappa shape index (κ1) is 14.9. The lowest BCUT2D eigenvalue weighted by Crippen LogP contribution is -2.14. The second-order valence-corrected chi connectivity index (χ2v) is 4.59. The number of pyridine rings is 1. The molecule has 6 nitrogen and oxygen atoms in total. The average Bonchev–Trinajstić information content (AvgIpc) is 2.37. The number of aromatic nitrogens is 1. The van der Waals surface area contributed by atoms with Crippen LogP contribution in [-0.4, -0.2) is 15.8 Å². The van der Waals surface area contributed by atoms with Gasteiger partial charge in [0.15, 0.2) is 0 Å². The van der Waals surface area contributed by atoms with E-state index in [1.54, 1.807) is 6.92 Å². The molecular formula is C13H9ClFN3O3. The first-order valence-corrected chi connectivity index (χ1v) is 6.13. The van der Waals surface area contributed by atoms with Crippen LogP contribution in [0.4, 0.5) is 15.8 Å². The number of anilines is 1. The molecule has 1 amide bonds. The van der Waals surface area contributed by atoms with Crippen LogP contribution in [0, 0.1) is 22.9 Å². The molecule has 0 aliphatic heterocycles. The molecule has 0 aliphatic carbocycles. The molecule has 0 bridgehead atoms. The van der Waals surface area contributed by atoms with Crippen molar-refractivity contribution in [2.75, 3.05) is 5.32 Å². The van der Waals surface area contributed by atoms with Gasteiger partial charge >= 0.3 is 0 Å². The molecule has 21 heavy (non-hydrogen) atoms. The molecule has 1 heterocycles. The van der Waals surface area contributed by atoms with E-state index in [2.05, 4.69) is 10.3 Å². The molecule has 0 saturated heterocycles. The second-order valence-electron chi connectivity index (χ2n) is 4.18. The first-order valence-electron chi connectivity index (χ1n) is 5.76. The van der Waals surface area contributed by atoms with Crippen molar-refractivity contribution in [2.24, 2.45) is 0 Å². The number of nitro benzene ring substituents is 1. The van der Waals surface area contributed by atoms with E-state index in [1.807, 2.05) is 0 Å². The van der Waals surface area contributed by atoms with E-state index < -0.39 is 22.3 Å². The standard InChI is InChI=1S/C13H9ClFN3O3/c1-7-4-10(14)9(6-16-7)13(19)17-11-5-8(15)2-3-12(11)18(20)21/h2-6H,1H3,(H,17,19). The summed E-state index contributed by atoms with van der Waals surface area (Å²) in [7, 11) is 0. The number of nitrogens with one attached hydrogen (secondary N) is 1. The minimum Gasteiger partial charge on any atom is -0.316 e. The van der Waals surface area contributed by atoms with Gasteiger partial charge in [-0.05, 0) is 19.1 Å². The van der Waals surface area contributed by atoms with Gasteiger partial charge < -0.3 is 5.32 Å². The maximum atomic E-state index is 13.2. The third-order valence-electron chi connectivity index (χ3n) is 2.64. The molecule has 0 aliphatic rings. The van der Waals surface area contributed by atoms with Gasteiger partial charge in [-0.2, -0.15) is 0 Å². The molecule has 2 rings (SSSR count). The number of hydrogen-bond donors (Lipinski definition) is 1. The molecule has 1 aromatic carbocycles. The largest absolute Gasteiger partial charge is 0.316 e. The van der Waals surface area contributed by atoms with Crippen LogP contribution in [-0.2, 0) is 0 Å². The Balaban J connectivity index is 2.35. The number of aryl methyl sites for hydroxylation is 1. The van der Waals surface area contributed by atoms with Gasteiger partial charge in [-0.1, -0.05) is 11.6 Å². The van der Waals surface area contributed by atoms with Crippen LogP contribution in [0.25, 0.3) is 0 Å². The van der Waals surface area contributed by atoms with Gasteiger partial charge in [-0.3, -0.25) is 19.9 Å². The summed E-state index contributed by atoms with van der Waals surface area (Å²) in [6.45, 7) is 1.70. The van der Waals surface area contributed by atoms with Crippen LogP contribution in [0.3, 0.4) is 0 Å². The fourth-order valence-corrected chi connectivity index (χ4v) is 1.94. The number of benzene rings is 1. The Morgan fingerprint density at radius 3 is 2.76 bits per heavy atom. The van der Waals surface area contributed by atoms with Crippen molar-refractivity contribution >= 4 is 28.9 Å². The summed E-state index contributed by atoms with van der Waals surface area (Å²) < 4.78 is 13.2. The van der Waals surface area contributed by atoms with Crippen molar-refractivity contribution in [1.29, 1.82) is 0 Å². The molecule has 0 saturated carbocycles. The van der Waals surface area contributed by atoms with Gasteiger partial charge in [0.1, 0.15) is 11.5 Å². The number of hydrogen-bond acceptors (Lipinski definition) is 4. The maximum Gasteiger partial charge on any atom is 0.292 e. The molecule has 0 fully saturated rings. The number of rotatable bonds is 3. The zero-order chi connectivity index (χ0) is 15.6. The normalized spacial score (nSPS) is 10.2. The summed E-state index contributed by atoms with van der Waals surface area (Å²) in [6.07, 6.45) is 1.25. The Kier molecular flexibility index (Phi) is 4.13. The van der Waals surface area contributed by atoms with Gasteiger partial charge in [0.2, 0.25) is 0 Å². The molecule has 8 heteroatoms. The molecule has 1 N–H and O–H groups in total. The highest BCUT2D eigenvalue weighted by atomic mass is 35.5. The lowest BCUT2D eigenvalue weighted by Gasteiger charge is -2.07. The summed E-state index contributed by atoms with van der Waals surface area (Å²) in [5.41, 5.74) is -0.00306. The smallest absolute Gasteiger partial charge is 0.292 e. The van der Waals surface area contributed by atoms with Crippen molar-refractivity contribution in [3.8, 4) is 0 Å². The topological polar surface area (TPSA) is 85.1 Å². The van der Waals surface area contributed by atoms with Crippen molar-refractivity contribution in [3.63, 3.8) is 0 Å². The fraction of sp³-hybridized carbons (Fsp3) is 0.0769. The lowest BCUT2D eigenvalue weighted by molar-refractivity contribution is -0.384. The van der Waals surface area contributed by atoms with Crippen LogP contribution in [0.1, 0.15) is 16.1 Å². The van der Waals surface area contributed by atoms with E-state index in [9.17, 15) is 19.3 Å². The lowest BCUT2D eigenvalue weighted by atomic mass is 10.2. The van der Waals surface area contributed by atoms with Crippen molar-refractivity contribution in [2.45, 2.75) is 6.92 Å². The van der Waals surface area contributed by atoms with E-state index in [1.165, 1.54) is 12.3 Å². The highest BCUT2D eigenvalue weighted by Crippen LogP contribution is 2.26. The van der Waals surface area contributed by atoms with Crippen LogP contribution < -0.4 is 5.32 Å². The minimum absolute atomic E-state index is 0.0424. The van der Waals surface area contributed by atoms with Crippen molar-refractivity contribution in [3.05, 3.63) is 62.7 Å². The van der Waals surface area contributed by atoms with Crippen molar-refractivity contribution < 1.29 is 14.1 Å². The second kappa shape index (κ2) is 5.84. The highest BCUT2D eigenvalue weighted by molar-refractivity contribution is 6.34. The molecule has 0 atom stereocenters. The van der Waals surface area contributed by atoms with E-state index in [0.29, 0.717) is 5.69 Å². The number of halogens is 2. The maximum absolute atomic E-state index is 13.2. The molecule has 0 spiro atoms. The summed E-state index contributed by atoms with van der Waals surface area (Å²) in [5, 5.41) is 13.3. The number of amides is 1. The van der Waals surface area contributed by atoms with Gasteiger partial charge in [0, 0.05) is 24.0 Å². The molecule has 108 valence electrons. The monoisotopic (exact) mass is 309 g/mol. The Labute approximate surface area is 123 Å². The molecule has 1 aromatic heterocycles. The Hall–Kier alpha value is -2.54. The zero-order valence-corrected chi connectivity index (χ0v) is 11.5. The van der Waals surface area contributed by atoms with Crippen molar-refractivity contribution in [1.82, 2.24) is 4.98 Å². The molecule has 0 unspecified atom stereocenters. The molecular weight excluding hydrogens is 301 g/mol. The Morgan fingerprint density at radius 1 is 1.43 bits per heavy atom. The first-order chi connectivity index (χ1) is 9.88. The van der Waals surface area contributed by atoms with Crippen LogP contribution in [0.2, 0.25) is 5.02 Å². The summed E-state index contributed by atoms with van der Waals surface area (Å²) in [4.78, 5) is 26.1.